The lowest BCUT2D eigenvalue weighted by atomic mass is 10.0. The van der Waals surface area contributed by atoms with Crippen molar-refractivity contribution in [2.24, 2.45) is 0 Å². The van der Waals surface area contributed by atoms with Crippen molar-refractivity contribution in [2.75, 3.05) is 13.6 Å². The molecule has 5 aromatic rings. The Bertz CT molecular complexity index is 2020. The summed E-state index contributed by atoms with van der Waals surface area (Å²) < 4.78 is 29.4. The molecule has 2 aliphatic rings. The van der Waals surface area contributed by atoms with Crippen LogP contribution in [0.15, 0.2) is 83.9 Å². The Balaban J connectivity index is 1.13. The summed E-state index contributed by atoms with van der Waals surface area (Å²) in [5.74, 6) is -0.0182. The first-order chi connectivity index (χ1) is 21.1. The smallest absolute Gasteiger partial charge is 0.329 e. The Morgan fingerprint density at radius 2 is 1.80 bits per heavy atom. The molecule has 12 heteroatoms. The molecule has 3 aromatic carbocycles. The zero-order valence-corrected chi connectivity index (χ0v) is 25.4. The van der Waals surface area contributed by atoms with Gasteiger partial charge in [-0.3, -0.25) is 9.89 Å². The number of nitrogens with one attached hydrogen (secondary N) is 3. The third-order valence-corrected chi connectivity index (χ3v) is 10.0. The van der Waals surface area contributed by atoms with Crippen molar-refractivity contribution in [3.8, 4) is 16.9 Å². The summed E-state index contributed by atoms with van der Waals surface area (Å²) in [6.45, 7) is 0.655. The molecular formula is C32H29ClN6O4S. The van der Waals surface area contributed by atoms with Gasteiger partial charge in [0, 0.05) is 47.0 Å². The third kappa shape index (κ3) is 5.11. The Morgan fingerprint density at radius 1 is 1.05 bits per heavy atom. The number of urea groups is 1. The lowest BCUT2D eigenvalue weighted by Crippen LogP contribution is -2.46. The molecule has 44 heavy (non-hydrogen) atoms. The molecule has 0 atom stereocenters. The molecule has 0 saturated heterocycles. The number of carbonyl (C=O) groups is 2. The van der Waals surface area contributed by atoms with E-state index in [-0.39, 0.29) is 10.8 Å². The van der Waals surface area contributed by atoms with E-state index >= 15 is 0 Å². The Kier molecular flexibility index (Phi) is 6.74. The molecule has 1 saturated carbocycles. The number of hydrogen-bond acceptors (Lipinski definition) is 5. The second-order valence-electron chi connectivity index (χ2n) is 11.5. The van der Waals surface area contributed by atoms with Crippen LogP contribution in [-0.2, 0) is 22.9 Å². The molecule has 0 unspecified atom stereocenters. The molecule has 224 valence electrons. The number of aromatic nitrogens is 3. The van der Waals surface area contributed by atoms with E-state index in [1.807, 2.05) is 54.1 Å². The van der Waals surface area contributed by atoms with Crippen LogP contribution in [0.1, 0.15) is 34.5 Å². The second kappa shape index (κ2) is 10.5. The van der Waals surface area contributed by atoms with Gasteiger partial charge in [0.2, 0.25) is 0 Å². The van der Waals surface area contributed by atoms with Crippen LogP contribution in [0.4, 0.5) is 4.79 Å². The van der Waals surface area contributed by atoms with Crippen molar-refractivity contribution >= 4 is 44.5 Å². The molecule has 3 heterocycles. The fourth-order valence-electron chi connectivity index (χ4n) is 5.96. The van der Waals surface area contributed by atoms with Gasteiger partial charge in [-0.1, -0.05) is 29.8 Å². The van der Waals surface area contributed by atoms with Crippen molar-refractivity contribution in [3.05, 3.63) is 101 Å². The molecule has 10 nitrogen and oxygen atoms in total. The lowest BCUT2D eigenvalue weighted by molar-refractivity contribution is 0.0773. The van der Waals surface area contributed by atoms with Gasteiger partial charge < -0.3 is 14.8 Å². The molecule has 2 aromatic heterocycles. The fraction of sp³-hybridized carbons (Fsp3) is 0.219. The molecule has 3 N–H and O–H groups in total. The normalized spacial score (nSPS) is 15.7. The highest BCUT2D eigenvalue weighted by Crippen LogP contribution is 2.39. The van der Waals surface area contributed by atoms with Gasteiger partial charge in [-0.25, -0.2) is 17.9 Å². The van der Waals surface area contributed by atoms with Crippen LogP contribution in [-0.4, -0.2) is 59.2 Å². The predicted octanol–water partition coefficient (Wildman–Crippen LogP) is 5.07. The van der Waals surface area contributed by atoms with Gasteiger partial charge in [0.1, 0.15) is 5.69 Å². The number of carbonyl (C=O) groups excluding carboxylic acids is 2. The van der Waals surface area contributed by atoms with Gasteiger partial charge in [-0.2, -0.15) is 5.10 Å². The van der Waals surface area contributed by atoms with Crippen molar-refractivity contribution < 1.29 is 18.0 Å². The summed E-state index contributed by atoms with van der Waals surface area (Å²) in [5, 5.41) is 11.4. The number of halogens is 1. The van der Waals surface area contributed by atoms with Crippen LogP contribution in [0, 0.1) is 0 Å². The Hall–Kier alpha value is -4.61. The first-order valence-corrected chi connectivity index (χ1v) is 16.1. The maximum atomic E-state index is 13.5. The Morgan fingerprint density at radius 3 is 2.48 bits per heavy atom. The van der Waals surface area contributed by atoms with Gasteiger partial charge in [0.15, 0.2) is 0 Å². The van der Waals surface area contributed by atoms with E-state index in [0.717, 1.165) is 58.2 Å². The van der Waals surface area contributed by atoms with Gasteiger partial charge in [-0.05, 0) is 91.4 Å². The fourth-order valence-corrected chi connectivity index (χ4v) is 6.99. The standard InChI is InChI=1S/C32H29ClN6O4S/c1-38-17-13-25-26-18-21(27-12-16-34-36-27)4-11-28(26)39(29(25)30(38)40)23-7-2-20(3-8-23)19-32(14-15-32)35-31(41)37-44(42,43)24-9-5-22(33)6-10-24/h2-12,16,18H,13-15,17,19H2,1H3,(H,34,36)(H2,35,37,41). The maximum absolute atomic E-state index is 13.5. The summed E-state index contributed by atoms with van der Waals surface area (Å²) in [6, 6.07) is 20.9. The molecule has 1 aliphatic carbocycles. The molecule has 1 fully saturated rings. The highest BCUT2D eigenvalue weighted by atomic mass is 35.5. The molecule has 7 rings (SSSR count). The first-order valence-electron chi connectivity index (χ1n) is 14.2. The summed E-state index contributed by atoms with van der Waals surface area (Å²) in [4.78, 5) is 27.9. The van der Waals surface area contributed by atoms with Crippen LogP contribution in [0.5, 0.6) is 0 Å². The minimum Gasteiger partial charge on any atom is -0.340 e. The number of likely N-dealkylation sites (N-methyl/N-ethyl adjacent to an activating group) is 1. The van der Waals surface area contributed by atoms with Crippen molar-refractivity contribution in [2.45, 2.75) is 36.1 Å². The van der Waals surface area contributed by atoms with E-state index in [1.165, 1.54) is 24.3 Å². The molecule has 1 aliphatic heterocycles. The van der Waals surface area contributed by atoms with Crippen molar-refractivity contribution in [1.82, 2.24) is 29.7 Å². The number of sulfonamides is 1. The Labute approximate surface area is 259 Å². The SMILES string of the molecule is CN1CCc2c(n(-c3ccc(CC4(NC(=O)NS(=O)(=O)c5ccc(Cl)cc5)CC4)cc3)c3ccc(-c4ccn[nH]4)cc23)C1=O. The third-order valence-electron chi connectivity index (χ3n) is 8.45. The number of hydrogen-bond donors (Lipinski definition) is 3. The number of fused-ring (bicyclic) bond motifs is 3. The van der Waals surface area contributed by atoms with Crippen LogP contribution in [0.3, 0.4) is 0 Å². The minimum atomic E-state index is -4.03. The molecule has 3 amide bonds. The quantitative estimate of drug-likeness (QED) is 0.232. The summed E-state index contributed by atoms with van der Waals surface area (Å²) in [6.07, 6.45) is 4.49. The van der Waals surface area contributed by atoms with E-state index in [1.54, 1.807) is 11.1 Å². The number of aromatic amines is 1. The summed E-state index contributed by atoms with van der Waals surface area (Å²) in [7, 11) is -2.21. The molecule has 0 spiro atoms. The number of rotatable bonds is 7. The van der Waals surface area contributed by atoms with E-state index in [2.05, 4.69) is 26.3 Å². The average Bonchev–Trinajstić information content (AvgIpc) is 3.38. The molecule has 0 bridgehead atoms. The van der Waals surface area contributed by atoms with E-state index < -0.39 is 21.6 Å². The zero-order chi connectivity index (χ0) is 30.6. The summed E-state index contributed by atoms with van der Waals surface area (Å²) in [5.41, 5.74) is 5.90. The maximum Gasteiger partial charge on any atom is 0.329 e. The molecule has 0 radical (unpaired) electrons. The topological polar surface area (TPSA) is 129 Å². The van der Waals surface area contributed by atoms with Crippen molar-refractivity contribution in [3.63, 3.8) is 0 Å². The highest BCUT2D eigenvalue weighted by molar-refractivity contribution is 7.90. The predicted molar refractivity (Wildman–Crippen MR) is 167 cm³/mol. The number of H-pyrrole nitrogens is 1. The first kappa shape index (κ1) is 28.2. The lowest BCUT2D eigenvalue weighted by Gasteiger charge is -2.24. The van der Waals surface area contributed by atoms with Gasteiger partial charge >= 0.3 is 6.03 Å². The number of amides is 3. The monoisotopic (exact) mass is 628 g/mol. The highest BCUT2D eigenvalue weighted by Gasteiger charge is 2.44. The van der Waals surface area contributed by atoms with E-state index in [4.69, 9.17) is 11.6 Å². The van der Waals surface area contributed by atoms with Gasteiger partial charge in [-0.15, -0.1) is 0 Å². The van der Waals surface area contributed by atoms with Crippen LogP contribution < -0.4 is 10.0 Å². The van der Waals surface area contributed by atoms with Gasteiger partial charge in [0.25, 0.3) is 15.9 Å². The van der Waals surface area contributed by atoms with E-state index in [0.29, 0.717) is 23.7 Å². The minimum absolute atomic E-state index is 0.0182. The van der Waals surface area contributed by atoms with Crippen LogP contribution in [0.2, 0.25) is 5.02 Å². The second-order valence-corrected chi connectivity index (χ2v) is 13.6. The summed E-state index contributed by atoms with van der Waals surface area (Å²) >= 11 is 5.86. The van der Waals surface area contributed by atoms with Crippen molar-refractivity contribution in [1.29, 1.82) is 0 Å². The van der Waals surface area contributed by atoms with Crippen LogP contribution >= 0.6 is 11.6 Å². The number of nitrogens with zero attached hydrogens (tertiary/aromatic N) is 3. The molecular weight excluding hydrogens is 600 g/mol. The van der Waals surface area contributed by atoms with Crippen LogP contribution in [0.25, 0.3) is 27.8 Å². The number of benzene rings is 3. The van der Waals surface area contributed by atoms with Gasteiger partial charge in [0.05, 0.1) is 16.1 Å². The average molecular weight is 629 g/mol. The zero-order valence-electron chi connectivity index (χ0n) is 23.8. The largest absolute Gasteiger partial charge is 0.340 e. The van der Waals surface area contributed by atoms with E-state index in [9.17, 15) is 18.0 Å².